The van der Waals surface area contributed by atoms with Crippen molar-refractivity contribution < 1.29 is 12.4 Å². The van der Waals surface area contributed by atoms with E-state index in [1.807, 2.05) is 6.08 Å². The number of unbranched alkanes of at least 4 members (excludes halogenated alkanes) is 14. The summed E-state index contributed by atoms with van der Waals surface area (Å²) >= 11 is 0. The lowest BCUT2D eigenvalue weighted by atomic mass is 10.1. The zero-order valence-electron chi connectivity index (χ0n) is 21.1. The van der Waals surface area contributed by atoms with Gasteiger partial charge in [0.25, 0.3) is 0 Å². The third-order valence-corrected chi connectivity index (χ3v) is 6.76. The minimum Gasteiger partial charge on any atom is -1.00 e. The van der Waals surface area contributed by atoms with Crippen LogP contribution < -0.4 is 16.9 Å². The summed E-state index contributed by atoms with van der Waals surface area (Å²) in [6.45, 7) is 11.1. The first-order chi connectivity index (χ1) is 14.7. The minimum absolute atomic E-state index is 0. The van der Waals surface area contributed by atoms with Gasteiger partial charge in [0.05, 0.1) is 20.1 Å². The third kappa shape index (κ3) is 14.1. The lowest BCUT2D eigenvalue weighted by Crippen LogP contribution is -3.00. The number of quaternary nitrogens is 1. The summed E-state index contributed by atoms with van der Waals surface area (Å²) in [7, 11) is 2.46. The van der Waals surface area contributed by atoms with Crippen LogP contribution in [0.2, 0.25) is 0 Å². The monoisotopic (exact) mass is 449 g/mol. The maximum Gasteiger partial charge on any atom is 0.132 e. The van der Waals surface area contributed by atoms with Gasteiger partial charge in [-0.3, -0.25) is 4.48 Å². The molecule has 0 saturated heterocycles. The molecule has 180 valence electrons. The molecule has 1 rings (SSSR count). The van der Waals surface area contributed by atoms with Crippen molar-refractivity contribution in [3.05, 3.63) is 36.4 Å². The van der Waals surface area contributed by atoms with Crippen molar-refractivity contribution in [3.63, 3.8) is 0 Å². The van der Waals surface area contributed by atoms with Gasteiger partial charge in [-0.1, -0.05) is 104 Å². The summed E-state index contributed by atoms with van der Waals surface area (Å²) in [5.41, 5.74) is 2.70. The largest absolute Gasteiger partial charge is 1.00 e. The zero-order chi connectivity index (χ0) is 21.9. The normalized spacial score (nSPS) is 11.3. The minimum atomic E-state index is 0. The molecule has 0 amide bonds. The van der Waals surface area contributed by atoms with Crippen molar-refractivity contribution in [1.29, 1.82) is 0 Å². The number of benzene rings is 1. The first kappa shape index (κ1) is 30.2. The van der Waals surface area contributed by atoms with E-state index in [-0.39, 0.29) is 12.4 Å². The smallest absolute Gasteiger partial charge is 0.132 e. The maximum absolute atomic E-state index is 3.91. The standard InChI is InChI=1S/C29H52N.ClH/c1-5-8-10-12-14-16-18-20-26-30(4,29-24-22-28(7-3)23-25-29)27-21-19-17-15-13-11-9-6-2;/h7,22-25H,3,5-6,8-21,26-27H2,1-2,4H3;1H/q+1;/p-1. The molecule has 0 saturated carbocycles. The van der Waals surface area contributed by atoms with Crippen molar-refractivity contribution in [2.24, 2.45) is 0 Å². The van der Waals surface area contributed by atoms with Gasteiger partial charge in [0.15, 0.2) is 0 Å². The zero-order valence-corrected chi connectivity index (χ0v) is 21.9. The summed E-state index contributed by atoms with van der Waals surface area (Å²) in [5, 5.41) is 0. The molecule has 1 nitrogen and oxygen atoms in total. The van der Waals surface area contributed by atoms with Crippen LogP contribution in [0.1, 0.15) is 122 Å². The van der Waals surface area contributed by atoms with Crippen LogP contribution in [0, 0.1) is 0 Å². The van der Waals surface area contributed by atoms with Gasteiger partial charge in [0, 0.05) is 0 Å². The van der Waals surface area contributed by atoms with E-state index < -0.39 is 0 Å². The molecule has 0 heterocycles. The van der Waals surface area contributed by atoms with Crippen LogP contribution in [-0.4, -0.2) is 20.1 Å². The summed E-state index contributed by atoms with van der Waals surface area (Å²) in [5.74, 6) is 0. The van der Waals surface area contributed by atoms with Crippen molar-refractivity contribution in [2.45, 2.75) is 117 Å². The number of rotatable bonds is 20. The van der Waals surface area contributed by atoms with Crippen LogP contribution in [0.25, 0.3) is 6.08 Å². The lowest BCUT2D eigenvalue weighted by molar-refractivity contribution is -0.00000659. The van der Waals surface area contributed by atoms with Crippen LogP contribution in [0.4, 0.5) is 5.69 Å². The Balaban J connectivity index is 0.00000900. The molecular weight excluding hydrogens is 398 g/mol. The maximum atomic E-state index is 3.91. The summed E-state index contributed by atoms with van der Waals surface area (Å²) in [6.07, 6.45) is 24.4. The van der Waals surface area contributed by atoms with Gasteiger partial charge in [0.2, 0.25) is 0 Å². The Morgan fingerprint density at radius 2 is 0.968 bits per heavy atom. The number of halogens is 1. The van der Waals surface area contributed by atoms with E-state index in [0.29, 0.717) is 0 Å². The van der Waals surface area contributed by atoms with Gasteiger partial charge >= 0.3 is 0 Å². The number of hydrogen-bond donors (Lipinski definition) is 0. The predicted octanol–water partition coefficient (Wildman–Crippen LogP) is 6.55. The van der Waals surface area contributed by atoms with E-state index >= 15 is 0 Å². The topological polar surface area (TPSA) is 0 Å². The highest BCUT2D eigenvalue weighted by atomic mass is 35.5. The molecule has 0 aliphatic heterocycles. The molecule has 0 N–H and O–H groups in total. The van der Waals surface area contributed by atoms with Crippen molar-refractivity contribution in [1.82, 2.24) is 4.48 Å². The Morgan fingerprint density at radius 1 is 0.613 bits per heavy atom. The highest BCUT2D eigenvalue weighted by Crippen LogP contribution is 2.25. The molecule has 0 fully saturated rings. The van der Waals surface area contributed by atoms with E-state index in [9.17, 15) is 0 Å². The van der Waals surface area contributed by atoms with Gasteiger partial charge in [-0.05, 0) is 55.5 Å². The summed E-state index contributed by atoms with van der Waals surface area (Å²) < 4.78 is 1.10. The second-order valence-corrected chi connectivity index (χ2v) is 9.59. The van der Waals surface area contributed by atoms with Gasteiger partial charge in [-0.2, -0.15) is 0 Å². The molecule has 0 bridgehead atoms. The van der Waals surface area contributed by atoms with Gasteiger partial charge in [-0.15, -0.1) is 0 Å². The highest BCUT2D eigenvalue weighted by molar-refractivity contribution is 5.53. The van der Waals surface area contributed by atoms with E-state index in [2.05, 4.69) is 51.7 Å². The predicted molar refractivity (Wildman–Crippen MR) is 139 cm³/mol. The molecule has 0 spiro atoms. The molecule has 31 heavy (non-hydrogen) atoms. The Labute approximate surface area is 201 Å². The average Bonchev–Trinajstić information content (AvgIpc) is 2.77. The van der Waals surface area contributed by atoms with Crippen LogP contribution in [0.15, 0.2) is 30.8 Å². The van der Waals surface area contributed by atoms with E-state index in [0.717, 1.165) is 4.48 Å². The second-order valence-electron chi connectivity index (χ2n) is 9.59. The number of hydrogen-bond acceptors (Lipinski definition) is 0. The van der Waals surface area contributed by atoms with E-state index in [1.54, 1.807) is 0 Å². The first-order valence-electron chi connectivity index (χ1n) is 13.2. The molecule has 0 unspecified atom stereocenters. The van der Waals surface area contributed by atoms with Crippen molar-refractivity contribution >= 4 is 11.8 Å². The fourth-order valence-corrected chi connectivity index (χ4v) is 4.53. The summed E-state index contributed by atoms with van der Waals surface area (Å²) in [4.78, 5) is 0. The van der Waals surface area contributed by atoms with Crippen LogP contribution >= 0.6 is 0 Å². The van der Waals surface area contributed by atoms with Crippen LogP contribution in [0.3, 0.4) is 0 Å². The van der Waals surface area contributed by atoms with Gasteiger partial charge in [-0.25, -0.2) is 0 Å². The Bertz CT molecular complexity index is 502. The highest BCUT2D eigenvalue weighted by Gasteiger charge is 2.23. The quantitative estimate of drug-likeness (QED) is 0.156. The van der Waals surface area contributed by atoms with Crippen LogP contribution in [0.5, 0.6) is 0 Å². The average molecular weight is 450 g/mol. The lowest BCUT2D eigenvalue weighted by Gasteiger charge is -2.34. The molecular formula is C29H52ClN. The second kappa shape index (κ2) is 19.9. The van der Waals surface area contributed by atoms with Crippen LogP contribution in [-0.2, 0) is 0 Å². The SMILES string of the molecule is C=Cc1ccc([N+](C)(CCCCCCCCCC)CCCCCCCCCC)cc1.[Cl-]. The molecule has 0 aliphatic rings. The molecule has 0 aliphatic carbocycles. The fourth-order valence-electron chi connectivity index (χ4n) is 4.53. The molecule has 0 aromatic heterocycles. The third-order valence-electron chi connectivity index (χ3n) is 6.76. The molecule has 1 aromatic carbocycles. The Hall–Kier alpha value is -0.790. The van der Waals surface area contributed by atoms with E-state index in [4.69, 9.17) is 0 Å². The molecule has 0 atom stereocenters. The molecule has 2 heteroatoms. The molecule has 0 radical (unpaired) electrons. The van der Waals surface area contributed by atoms with E-state index in [1.165, 1.54) is 127 Å². The van der Waals surface area contributed by atoms with Crippen molar-refractivity contribution in [3.8, 4) is 0 Å². The Morgan fingerprint density at radius 3 is 1.32 bits per heavy atom. The van der Waals surface area contributed by atoms with Crippen molar-refractivity contribution in [2.75, 3.05) is 20.1 Å². The fraction of sp³-hybridized carbons (Fsp3) is 0.724. The first-order valence-corrected chi connectivity index (χ1v) is 13.2. The van der Waals surface area contributed by atoms with Gasteiger partial charge in [0.1, 0.15) is 5.69 Å². The molecule has 1 aromatic rings. The summed E-state index contributed by atoms with van der Waals surface area (Å²) in [6, 6.07) is 9.15. The number of nitrogens with zero attached hydrogens (tertiary/aromatic N) is 1. The van der Waals surface area contributed by atoms with Gasteiger partial charge < -0.3 is 12.4 Å². The Kier molecular flexibility index (Phi) is 19.4.